The molecule has 1 unspecified atom stereocenters. The summed E-state index contributed by atoms with van der Waals surface area (Å²) in [5, 5.41) is 27.1. The first-order valence-electron chi connectivity index (χ1n) is 3.01. The van der Waals surface area contributed by atoms with E-state index in [0.29, 0.717) is 0 Å². The average Bonchev–Trinajstić information content (AvgIpc) is 1.90. The Morgan fingerprint density at radius 1 is 1.64 bits per heavy atom. The van der Waals surface area contributed by atoms with E-state index in [1.54, 1.807) is 0 Å². The van der Waals surface area contributed by atoms with Gasteiger partial charge in [0.1, 0.15) is 13.2 Å². The molecule has 0 radical (unpaired) electrons. The highest BCUT2D eigenvalue weighted by atomic mass is 19.1. The predicted molar refractivity (Wildman–Crippen MR) is 34.5 cm³/mol. The van der Waals surface area contributed by atoms with Crippen molar-refractivity contribution in [1.29, 1.82) is 0 Å². The molecule has 0 aliphatic rings. The molecule has 0 fully saturated rings. The maximum atomic E-state index is 12.5. The maximum Gasteiger partial charge on any atom is 0.297 e. The van der Waals surface area contributed by atoms with Crippen LogP contribution in [0.3, 0.4) is 0 Å². The topological polar surface area (TPSA) is 83.6 Å². The number of rotatable bonds is 4. The van der Waals surface area contributed by atoms with E-state index < -0.39 is 29.8 Å². The summed E-state index contributed by atoms with van der Waals surface area (Å²) in [7, 11) is 0. The molecule has 0 saturated carbocycles. The quantitative estimate of drug-likeness (QED) is 0.430. The van der Waals surface area contributed by atoms with E-state index in [4.69, 9.17) is 10.2 Å². The summed E-state index contributed by atoms with van der Waals surface area (Å²) in [5.74, 6) is 0. The van der Waals surface area contributed by atoms with Gasteiger partial charge in [-0.05, 0) is 6.92 Å². The minimum absolute atomic E-state index is 0.926. The fourth-order valence-corrected chi connectivity index (χ4v) is 0.562. The molecule has 2 N–H and O–H groups in total. The van der Waals surface area contributed by atoms with Crippen LogP contribution in [-0.4, -0.2) is 40.1 Å². The molecule has 6 heteroatoms. The summed E-state index contributed by atoms with van der Waals surface area (Å²) < 4.78 is 12.5. The predicted octanol–water partition coefficient (Wildman–Crippen LogP) is -0.655. The van der Waals surface area contributed by atoms with Gasteiger partial charge in [0, 0.05) is 4.92 Å². The van der Waals surface area contributed by atoms with Crippen molar-refractivity contribution in [1.82, 2.24) is 0 Å². The minimum Gasteiger partial charge on any atom is -0.389 e. The molecule has 11 heavy (non-hydrogen) atoms. The molecule has 0 aliphatic heterocycles. The van der Waals surface area contributed by atoms with Crippen LogP contribution in [0.2, 0.25) is 0 Å². The van der Waals surface area contributed by atoms with Crippen LogP contribution in [-0.2, 0) is 0 Å². The lowest BCUT2D eigenvalue weighted by Gasteiger charge is -2.21. The highest BCUT2D eigenvalue weighted by Gasteiger charge is 2.48. The first kappa shape index (κ1) is 10.2. The van der Waals surface area contributed by atoms with Crippen molar-refractivity contribution in [3.05, 3.63) is 10.1 Å². The first-order valence-corrected chi connectivity index (χ1v) is 3.01. The molecule has 0 aromatic heterocycles. The Morgan fingerprint density at radius 3 is 2.00 bits per heavy atom. The van der Waals surface area contributed by atoms with Crippen LogP contribution in [0.5, 0.6) is 0 Å². The lowest BCUT2D eigenvalue weighted by Crippen LogP contribution is -2.52. The van der Waals surface area contributed by atoms with Gasteiger partial charge in [0.2, 0.25) is 0 Å². The zero-order chi connectivity index (χ0) is 9.07. The van der Waals surface area contributed by atoms with E-state index in [1.807, 2.05) is 0 Å². The molecule has 5 nitrogen and oxygen atoms in total. The van der Waals surface area contributed by atoms with Gasteiger partial charge in [-0.25, -0.2) is 4.39 Å². The molecule has 0 heterocycles. The SMILES string of the molecule is CC(F)C(CO)(CO)[N+](=O)[O-]. The molecule has 0 rings (SSSR count). The molecule has 0 aromatic rings. The highest BCUT2D eigenvalue weighted by molar-refractivity contribution is 4.83. The van der Waals surface area contributed by atoms with Crippen LogP contribution in [0.1, 0.15) is 6.92 Å². The Bertz CT molecular complexity index is 145. The Morgan fingerprint density at radius 2 is 2.00 bits per heavy atom. The Hall–Kier alpha value is -0.750. The second-order valence-electron chi connectivity index (χ2n) is 2.29. The van der Waals surface area contributed by atoms with Crippen molar-refractivity contribution < 1.29 is 19.5 Å². The molecular weight excluding hydrogens is 157 g/mol. The molecular formula is C5H10FNO4. The lowest BCUT2D eigenvalue weighted by atomic mass is 9.98. The number of nitro groups is 1. The number of aliphatic hydroxyl groups excluding tert-OH is 2. The van der Waals surface area contributed by atoms with Crippen LogP contribution in [0.15, 0.2) is 0 Å². The molecule has 1 atom stereocenters. The molecule has 0 spiro atoms. The van der Waals surface area contributed by atoms with Crippen molar-refractivity contribution in [2.75, 3.05) is 13.2 Å². The summed E-state index contributed by atoms with van der Waals surface area (Å²) in [6.07, 6.45) is -1.88. The third-order valence-electron chi connectivity index (χ3n) is 1.65. The Labute approximate surface area is 62.6 Å². The van der Waals surface area contributed by atoms with Crippen LogP contribution in [0.4, 0.5) is 4.39 Å². The van der Waals surface area contributed by atoms with Crippen LogP contribution >= 0.6 is 0 Å². The lowest BCUT2D eigenvalue weighted by molar-refractivity contribution is -0.585. The van der Waals surface area contributed by atoms with E-state index in [2.05, 4.69) is 0 Å². The van der Waals surface area contributed by atoms with E-state index >= 15 is 0 Å². The van der Waals surface area contributed by atoms with Gasteiger partial charge < -0.3 is 10.2 Å². The average molecular weight is 167 g/mol. The highest BCUT2D eigenvalue weighted by Crippen LogP contribution is 2.16. The van der Waals surface area contributed by atoms with Crippen molar-refractivity contribution in [2.24, 2.45) is 0 Å². The second-order valence-corrected chi connectivity index (χ2v) is 2.29. The van der Waals surface area contributed by atoms with Crippen LogP contribution in [0.25, 0.3) is 0 Å². The number of aliphatic hydroxyl groups is 2. The third kappa shape index (κ3) is 1.63. The molecule has 66 valence electrons. The van der Waals surface area contributed by atoms with Gasteiger partial charge in [0.15, 0.2) is 6.17 Å². The second kappa shape index (κ2) is 3.59. The summed E-state index contributed by atoms with van der Waals surface area (Å²) in [6.45, 7) is -1.09. The third-order valence-corrected chi connectivity index (χ3v) is 1.65. The zero-order valence-electron chi connectivity index (χ0n) is 6.03. The summed E-state index contributed by atoms with van der Waals surface area (Å²) in [6, 6.07) is 0. The largest absolute Gasteiger partial charge is 0.389 e. The smallest absolute Gasteiger partial charge is 0.297 e. The van der Waals surface area contributed by atoms with E-state index in [9.17, 15) is 14.5 Å². The van der Waals surface area contributed by atoms with Crippen molar-refractivity contribution in [3.63, 3.8) is 0 Å². The van der Waals surface area contributed by atoms with Crippen LogP contribution < -0.4 is 0 Å². The number of nitrogens with zero attached hydrogens (tertiary/aromatic N) is 1. The molecule has 0 saturated heterocycles. The van der Waals surface area contributed by atoms with Gasteiger partial charge in [0.05, 0.1) is 0 Å². The fourth-order valence-electron chi connectivity index (χ4n) is 0.562. The Balaban J connectivity index is 4.61. The summed E-state index contributed by atoms with van der Waals surface area (Å²) in [5.41, 5.74) is -2.25. The van der Waals surface area contributed by atoms with Gasteiger partial charge in [-0.3, -0.25) is 10.1 Å². The maximum absolute atomic E-state index is 12.5. The number of hydrogen-bond donors (Lipinski definition) is 2. The molecule has 0 amide bonds. The number of hydrogen-bond acceptors (Lipinski definition) is 4. The normalized spacial score (nSPS) is 14.5. The molecule has 0 aliphatic carbocycles. The molecule has 0 bridgehead atoms. The number of alkyl halides is 1. The first-order chi connectivity index (χ1) is 5.01. The summed E-state index contributed by atoms with van der Waals surface area (Å²) in [4.78, 5) is 9.17. The van der Waals surface area contributed by atoms with Crippen LogP contribution in [0, 0.1) is 10.1 Å². The zero-order valence-corrected chi connectivity index (χ0v) is 6.03. The van der Waals surface area contributed by atoms with Gasteiger partial charge >= 0.3 is 0 Å². The standard InChI is InChI=1S/C5H10FNO4/c1-4(6)5(2-8,3-9)7(10)11/h4,8-9H,2-3H2,1H3. The van der Waals surface area contributed by atoms with Crippen molar-refractivity contribution in [3.8, 4) is 0 Å². The molecule has 0 aromatic carbocycles. The van der Waals surface area contributed by atoms with E-state index in [0.717, 1.165) is 6.92 Å². The van der Waals surface area contributed by atoms with Gasteiger partial charge in [-0.15, -0.1) is 0 Å². The minimum atomic E-state index is -2.25. The van der Waals surface area contributed by atoms with Gasteiger partial charge in [-0.1, -0.05) is 0 Å². The number of halogens is 1. The van der Waals surface area contributed by atoms with Gasteiger partial charge in [0.25, 0.3) is 5.54 Å². The Kier molecular flexibility index (Phi) is 3.34. The van der Waals surface area contributed by atoms with Crippen molar-refractivity contribution in [2.45, 2.75) is 18.6 Å². The fraction of sp³-hybridized carbons (Fsp3) is 1.00. The summed E-state index contributed by atoms with van der Waals surface area (Å²) >= 11 is 0. The van der Waals surface area contributed by atoms with Crippen molar-refractivity contribution >= 4 is 0 Å². The van der Waals surface area contributed by atoms with E-state index in [-0.39, 0.29) is 0 Å². The van der Waals surface area contributed by atoms with E-state index in [1.165, 1.54) is 0 Å². The monoisotopic (exact) mass is 167 g/mol. The van der Waals surface area contributed by atoms with Gasteiger partial charge in [-0.2, -0.15) is 0 Å².